The monoisotopic (exact) mass is 331 g/mol. The molecule has 0 aliphatic carbocycles. The van der Waals surface area contributed by atoms with Crippen LogP contribution in [0.15, 0.2) is 48.5 Å². The van der Waals surface area contributed by atoms with Crippen molar-refractivity contribution in [3.05, 3.63) is 64.7 Å². The van der Waals surface area contributed by atoms with Gasteiger partial charge >= 0.3 is 0 Å². The van der Waals surface area contributed by atoms with Crippen LogP contribution in [-0.4, -0.2) is 6.54 Å². The minimum Gasteiger partial charge on any atom is -0.489 e. The third-order valence-corrected chi connectivity index (χ3v) is 4.02. The van der Waals surface area contributed by atoms with Crippen LogP contribution in [0.1, 0.15) is 43.7 Å². The van der Waals surface area contributed by atoms with Gasteiger partial charge in [0.15, 0.2) is 0 Å². The first-order valence-corrected chi connectivity index (χ1v) is 8.83. The van der Waals surface area contributed by atoms with Crippen LogP contribution in [0.25, 0.3) is 0 Å². The fourth-order valence-electron chi connectivity index (χ4n) is 2.46. The van der Waals surface area contributed by atoms with Crippen molar-refractivity contribution in [2.45, 2.75) is 45.8 Å². The Morgan fingerprint density at radius 1 is 1.00 bits per heavy atom. The average Bonchev–Trinajstić information content (AvgIpc) is 2.58. The fourth-order valence-corrected chi connectivity index (χ4v) is 2.66. The number of nitrogens with one attached hydrogen (secondary N) is 1. The van der Waals surface area contributed by atoms with Gasteiger partial charge in [0.25, 0.3) is 0 Å². The van der Waals surface area contributed by atoms with Gasteiger partial charge < -0.3 is 10.1 Å². The lowest BCUT2D eigenvalue weighted by Gasteiger charge is -2.13. The molecule has 0 atom stereocenters. The summed E-state index contributed by atoms with van der Waals surface area (Å²) in [7, 11) is 0. The fraction of sp³-hybridized carbons (Fsp3) is 0.400. The molecule has 0 saturated heterocycles. The summed E-state index contributed by atoms with van der Waals surface area (Å²) in [6.45, 7) is 4.63. The summed E-state index contributed by atoms with van der Waals surface area (Å²) in [5.41, 5.74) is 2.28. The molecule has 2 aromatic rings. The van der Waals surface area contributed by atoms with Crippen LogP contribution in [0.4, 0.5) is 0 Å². The van der Waals surface area contributed by atoms with E-state index < -0.39 is 0 Å². The molecule has 0 aliphatic heterocycles. The van der Waals surface area contributed by atoms with Crippen molar-refractivity contribution in [3.8, 4) is 5.75 Å². The van der Waals surface area contributed by atoms with Gasteiger partial charge in [0.2, 0.25) is 0 Å². The third-order valence-electron chi connectivity index (χ3n) is 3.78. The Morgan fingerprint density at radius 2 is 1.83 bits per heavy atom. The van der Waals surface area contributed by atoms with Crippen LogP contribution in [0.3, 0.4) is 0 Å². The highest BCUT2D eigenvalue weighted by Gasteiger charge is 2.05. The summed E-state index contributed by atoms with van der Waals surface area (Å²) in [6, 6.07) is 16.0. The van der Waals surface area contributed by atoms with Gasteiger partial charge in [-0.25, -0.2) is 0 Å². The Kier molecular flexibility index (Phi) is 7.99. The van der Waals surface area contributed by atoms with E-state index in [1.807, 2.05) is 36.4 Å². The number of unbranched alkanes of at least 4 members (excludes halogenated alkanes) is 3. The number of rotatable bonds is 10. The molecule has 0 radical (unpaired) electrons. The molecular formula is C20H26ClNO. The number of hydrogen-bond acceptors (Lipinski definition) is 2. The lowest BCUT2D eigenvalue weighted by Crippen LogP contribution is -2.15. The van der Waals surface area contributed by atoms with Crippen molar-refractivity contribution in [1.82, 2.24) is 5.32 Å². The topological polar surface area (TPSA) is 21.3 Å². The largest absolute Gasteiger partial charge is 0.489 e. The van der Waals surface area contributed by atoms with E-state index in [0.717, 1.165) is 29.4 Å². The van der Waals surface area contributed by atoms with Gasteiger partial charge in [-0.3, -0.25) is 0 Å². The molecule has 0 spiro atoms. The second-order valence-corrected chi connectivity index (χ2v) is 6.20. The first-order chi connectivity index (χ1) is 11.3. The normalized spacial score (nSPS) is 10.7. The van der Waals surface area contributed by atoms with Crippen molar-refractivity contribution in [1.29, 1.82) is 0 Å². The number of halogens is 1. The zero-order valence-electron chi connectivity index (χ0n) is 13.9. The smallest absolute Gasteiger partial charge is 0.124 e. The molecule has 0 amide bonds. The zero-order chi connectivity index (χ0) is 16.3. The van der Waals surface area contributed by atoms with E-state index in [4.69, 9.17) is 16.3 Å². The van der Waals surface area contributed by atoms with E-state index in [-0.39, 0.29) is 0 Å². The maximum absolute atomic E-state index is 6.13. The summed E-state index contributed by atoms with van der Waals surface area (Å²) < 4.78 is 5.98. The van der Waals surface area contributed by atoms with Crippen LogP contribution >= 0.6 is 11.6 Å². The van der Waals surface area contributed by atoms with Crippen molar-refractivity contribution in [3.63, 3.8) is 0 Å². The van der Waals surface area contributed by atoms with Crippen LogP contribution in [0.5, 0.6) is 5.75 Å². The minimum atomic E-state index is 0.575. The highest BCUT2D eigenvalue weighted by atomic mass is 35.5. The van der Waals surface area contributed by atoms with Crippen LogP contribution < -0.4 is 10.1 Å². The molecule has 3 heteroatoms. The van der Waals surface area contributed by atoms with E-state index in [1.165, 1.54) is 31.2 Å². The Hall–Kier alpha value is -1.51. The lowest BCUT2D eigenvalue weighted by atomic mass is 10.1. The van der Waals surface area contributed by atoms with Gasteiger partial charge in [-0.2, -0.15) is 0 Å². The first kappa shape index (κ1) is 17.8. The Labute approximate surface area is 144 Å². The number of benzene rings is 2. The summed E-state index contributed by atoms with van der Waals surface area (Å²) >= 11 is 6.13. The lowest BCUT2D eigenvalue weighted by molar-refractivity contribution is 0.302. The summed E-state index contributed by atoms with van der Waals surface area (Å²) in [6.07, 6.45) is 5.08. The van der Waals surface area contributed by atoms with Crippen molar-refractivity contribution in [2.75, 3.05) is 6.54 Å². The predicted molar refractivity (Wildman–Crippen MR) is 98.1 cm³/mol. The molecule has 0 saturated carbocycles. The van der Waals surface area contributed by atoms with E-state index in [1.54, 1.807) is 0 Å². The molecule has 0 bridgehead atoms. The molecule has 0 aliphatic rings. The SMILES string of the molecule is CCCCCCNCc1cc(Cl)ccc1OCc1ccccc1. The predicted octanol–water partition coefficient (Wildman–Crippen LogP) is 5.59. The maximum atomic E-state index is 6.13. The molecule has 2 aromatic carbocycles. The third kappa shape index (κ3) is 6.64. The molecule has 23 heavy (non-hydrogen) atoms. The van der Waals surface area contributed by atoms with Crippen molar-refractivity contribution >= 4 is 11.6 Å². The second kappa shape index (κ2) is 10.3. The molecular weight excluding hydrogens is 306 g/mol. The van der Waals surface area contributed by atoms with E-state index in [9.17, 15) is 0 Å². The summed E-state index contributed by atoms with van der Waals surface area (Å²) in [5, 5.41) is 4.24. The molecule has 0 fully saturated rings. The van der Waals surface area contributed by atoms with E-state index >= 15 is 0 Å². The molecule has 2 nitrogen and oxygen atoms in total. The van der Waals surface area contributed by atoms with Gasteiger partial charge in [0, 0.05) is 17.1 Å². The molecule has 2 rings (SSSR count). The van der Waals surface area contributed by atoms with Crippen LogP contribution in [0, 0.1) is 0 Å². The number of ether oxygens (including phenoxy) is 1. The van der Waals surface area contributed by atoms with Crippen LogP contribution in [-0.2, 0) is 13.2 Å². The van der Waals surface area contributed by atoms with Gasteiger partial charge in [-0.15, -0.1) is 0 Å². The maximum Gasteiger partial charge on any atom is 0.124 e. The molecule has 0 unspecified atom stereocenters. The van der Waals surface area contributed by atoms with Gasteiger partial charge in [0.05, 0.1) is 0 Å². The van der Waals surface area contributed by atoms with Gasteiger partial charge in [-0.1, -0.05) is 68.1 Å². The summed E-state index contributed by atoms with van der Waals surface area (Å²) in [4.78, 5) is 0. The van der Waals surface area contributed by atoms with Gasteiger partial charge in [0.1, 0.15) is 12.4 Å². The molecule has 1 N–H and O–H groups in total. The highest BCUT2D eigenvalue weighted by molar-refractivity contribution is 6.30. The highest BCUT2D eigenvalue weighted by Crippen LogP contribution is 2.24. The minimum absolute atomic E-state index is 0.575. The average molecular weight is 332 g/mol. The Balaban J connectivity index is 1.86. The second-order valence-electron chi connectivity index (χ2n) is 5.76. The quantitative estimate of drug-likeness (QED) is 0.573. The van der Waals surface area contributed by atoms with Gasteiger partial charge in [-0.05, 0) is 36.7 Å². The Morgan fingerprint density at radius 3 is 2.61 bits per heavy atom. The number of hydrogen-bond donors (Lipinski definition) is 1. The zero-order valence-corrected chi connectivity index (χ0v) is 14.6. The molecule has 124 valence electrons. The standard InChI is InChI=1S/C20H26ClNO/c1-2-3-4-8-13-22-15-18-14-19(21)11-12-20(18)23-16-17-9-6-5-7-10-17/h5-7,9-12,14,22H,2-4,8,13,15-16H2,1H3. The molecule has 0 heterocycles. The van der Waals surface area contributed by atoms with Crippen LogP contribution in [0.2, 0.25) is 5.02 Å². The molecule has 0 aromatic heterocycles. The summed E-state index contributed by atoms with van der Waals surface area (Å²) in [5.74, 6) is 0.902. The van der Waals surface area contributed by atoms with Crippen molar-refractivity contribution in [2.24, 2.45) is 0 Å². The first-order valence-electron chi connectivity index (χ1n) is 8.45. The van der Waals surface area contributed by atoms with E-state index in [2.05, 4.69) is 24.4 Å². The van der Waals surface area contributed by atoms with Crippen molar-refractivity contribution < 1.29 is 4.74 Å². The van der Waals surface area contributed by atoms with E-state index in [0.29, 0.717) is 6.61 Å². The Bertz CT molecular complexity index is 571.